The molecule has 0 bridgehead atoms. The Balaban J connectivity index is 2.49. The van der Waals surface area contributed by atoms with Crippen LogP contribution in [0.2, 0.25) is 0 Å². The van der Waals surface area contributed by atoms with Crippen molar-refractivity contribution in [1.29, 1.82) is 0 Å². The van der Waals surface area contributed by atoms with E-state index in [4.69, 9.17) is 5.73 Å². The first-order chi connectivity index (χ1) is 8.94. The zero-order valence-electron chi connectivity index (χ0n) is 10.8. The fourth-order valence-electron chi connectivity index (χ4n) is 1.53. The highest BCUT2D eigenvalue weighted by molar-refractivity contribution is 7.88. The van der Waals surface area contributed by atoms with Gasteiger partial charge in [-0.3, -0.25) is 4.79 Å². The van der Waals surface area contributed by atoms with Gasteiger partial charge in [-0.2, -0.15) is 0 Å². The average molecular weight is 285 g/mol. The number of sulfonamides is 1. The molecule has 0 fully saturated rings. The van der Waals surface area contributed by atoms with E-state index in [1.165, 1.54) is 0 Å². The lowest BCUT2D eigenvalue weighted by atomic mass is 10.2. The van der Waals surface area contributed by atoms with Crippen LogP contribution in [0.5, 0.6) is 0 Å². The van der Waals surface area contributed by atoms with Crippen molar-refractivity contribution in [3.8, 4) is 0 Å². The molecule has 0 aliphatic carbocycles. The van der Waals surface area contributed by atoms with E-state index in [-0.39, 0.29) is 24.6 Å². The van der Waals surface area contributed by atoms with Crippen molar-refractivity contribution in [3.05, 3.63) is 29.8 Å². The Bertz CT molecular complexity index is 529. The molecular weight excluding hydrogens is 266 g/mol. The Hall–Kier alpha value is -1.60. The molecule has 106 valence electrons. The molecular formula is C12H19N3O3S. The number of nitrogens with two attached hydrogens (primary N) is 1. The number of para-hydroxylation sites is 1. The minimum Gasteiger partial charge on any atom is -0.398 e. The molecule has 0 radical (unpaired) electrons. The van der Waals surface area contributed by atoms with Gasteiger partial charge in [-0.25, -0.2) is 13.1 Å². The summed E-state index contributed by atoms with van der Waals surface area (Å²) in [4.78, 5) is 11.2. The summed E-state index contributed by atoms with van der Waals surface area (Å²) in [6, 6.07) is 6.79. The van der Waals surface area contributed by atoms with Crippen molar-refractivity contribution < 1.29 is 13.2 Å². The van der Waals surface area contributed by atoms with Gasteiger partial charge in [-0.1, -0.05) is 18.2 Å². The van der Waals surface area contributed by atoms with E-state index in [1.54, 1.807) is 31.2 Å². The number of carbonyl (C=O) groups is 1. The van der Waals surface area contributed by atoms with E-state index in [1.807, 2.05) is 0 Å². The highest BCUT2D eigenvalue weighted by Gasteiger charge is 2.13. The normalized spacial score (nSPS) is 11.2. The summed E-state index contributed by atoms with van der Waals surface area (Å²) < 4.78 is 26.0. The highest BCUT2D eigenvalue weighted by Crippen LogP contribution is 2.13. The van der Waals surface area contributed by atoms with Crippen LogP contribution in [-0.2, 0) is 20.6 Å². The van der Waals surface area contributed by atoms with Crippen molar-refractivity contribution >= 4 is 21.6 Å². The van der Waals surface area contributed by atoms with Crippen LogP contribution in [0.1, 0.15) is 18.9 Å². The number of hydrogen-bond donors (Lipinski definition) is 3. The maximum absolute atomic E-state index is 11.8. The predicted octanol–water partition coefficient (Wildman–Crippen LogP) is 0.214. The largest absolute Gasteiger partial charge is 0.398 e. The molecule has 0 saturated heterocycles. The molecule has 0 unspecified atom stereocenters. The van der Waals surface area contributed by atoms with Crippen LogP contribution < -0.4 is 15.8 Å². The number of nitrogen functional groups attached to an aromatic ring is 1. The Labute approximate surface area is 113 Å². The van der Waals surface area contributed by atoms with Crippen molar-refractivity contribution in [1.82, 2.24) is 10.0 Å². The van der Waals surface area contributed by atoms with E-state index in [9.17, 15) is 13.2 Å². The summed E-state index contributed by atoms with van der Waals surface area (Å²) in [5, 5.41) is 2.60. The van der Waals surface area contributed by atoms with Crippen molar-refractivity contribution in [2.45, 2.75) is 19.1 Å². The topological polar surface area (TPSA) is 101 Å². The molecule has 1 aromatic rings. The van der Waals surface area contributed by atoms with Gasteiger partial charge in [0, 0.05) is 25.2 Å². The summed E-state index contributed by atoms with van der Waals surface area (Å²) in [7, 11) is -3.48. The number of amides is 1. The second-order valence-corrected chi connectivity index (χ2v) is 5.86. The first-order valence-corrected chi connectivity index (χ1v) is 7.67. The number of hydrogen-bond acceptors (Lipinski definition) is 4. The van der Waals surface area contributed by atoms with Gasteiger partial charge in [0.05, 0.1) is 5.75 Å². The molecule has 0 aromatic heterocycles. The third kappa shape index (κ3) is 5.71. The van der Waals surface area contributed by atoms with Crippen molar-refractivity contribution in [3.63, 3.8) is 0 Å². The lowest BCUT2D eigenvalue weighted by molar-refractivity contribution is -0.120. The lowest BCUT2D eigenvalue weighted by Crippen LogP contribution is -2.31. The number of benzene rings is 1. The first-order valence-electron chi connectivity index (χ1n) is 6.02. The zero-order valence-corrected chi connectivity index (χ0v) is 11.7. The number of rotatable bonds is 7. The second kappa shape index (κ2) is 7.10. The summed E-state index contributed by atoms with van der Waals surface area (Å²) in [5.74, 6) is -0.362. The fraction of sp³-hybridized carbons (Fsp3) is 0.417. The molecule has 1 rings (SSSR count). The maximum Gasteiger partial charge on any atom is 0.221 e. The fourth-order valence-corrected chi connectivity index (χ4v) is 2.71. The van der Waals surface area contributed by atoms with Crippen LogP contribution in [0.3, 0.4) is 0 Å². The van der Waals surface area contributed by atoms with Crippen LogP contribution in [0.4, 0.5) is 5.69 Å². The highest BCUT2D eigenvalue weighted by atomic mass is 32.2. The number of anilines is 1. The summed E-state index contributed by atoms with van der Waals surface area (Å²) in [5.41, 5.74) is 6.68. The van der Waals surface area contributed by atoms with Crippen LogP contribution in [0, 0.1) is 0 Å². The summed E-state index contributed by atoms with van der Waals surface area (Å²) in [6.45, 7) is 2.42. The minimum absolute atomic E-state index is 0.0842. The smallest absolute Gasteiger partial charge is 0.221 e. The monoisotopic (exact) mass is 285 g/mol. The lowest BCUT2D eigenvalue weighted by Gasteiger charge is -2.08. The van der Waals surface area contributed by atoms with Crippen LogP contribution in [0.25, 0.3) is 0 Å². The SMILES string of the molecule is CCNC(=O)CCNS(=O)(=O)Cc1ccccc1N. The second-order valence-electron chi connectivity index (χ2n) is 4.06. The van der Waals surface area contributed by atoms with E-state index in [0.29, 0.717) is 17.8 Å². The zero-order chi connectivity index (χ0) is 14.3. The quantitative estimate of drug-likeness (QED) is 0.623. The van der Waals surface area contributed by atoms with Gasteiger partial charge in [0.1, 0.15) is 0 Å². The van der Waals surface area contributed by atoms with Crippen LogP contribution in [0.15, 0.2) is 24.3 Å². The van der Waals surface area contributed by atoms with Crippen LogP contribution in [-0.4, -0.2) is 27.4 Å². The van der Waals surface area contributed by atoms with E-state index in [0.717, 1.165) is 0 Å². The molecule has 0 heterocycles. The Morgan fingerprint density at radius 3 is 2.63 bits per heavy atom. The standard InChI is InChI=1S/C12H19N3O3S/c1-2-14-12(16)7-8-15-19(17,18)9-10-5-3-4-6-11(10)13/h3-6,15H,2,7-9,13H2,1H3,(H,14,16). The Morgan fingerprint density at radius 2 is 2.00 bits per heavy atom. The number of nitrogens with one attached hydrogen (secondary N) is 2. The van der Waals surface area contributed by atoms with E-state index in [2.05, 4.69) is 10.0 Å². The molecule has 19 heavy (non-hydrogen) atoms. The van der Waals surface area contributed by atoms with E-state index < -0.39 is 10.0 Å². The molecule has 4 N–H and O–H groups in total. The molecule has 1 amide bonds. The third-order valence-corrected chi connectivity index (χ3v) is 3.78. The van der Waals surface area contributed by atoms with Gasteiger partial charge in [0.25, 0.3) is 0 Å². The molecule has 0 atom stereocenters. The van der Waals surface area contributed by atoms with Crippen LogP contribution >= 0.6 is 0 Å². The maximum atomic E-state index is 11.8. The Kier molecular flexibility index (Phi) is 5.78. The number of carbonyl (C=O) groups excluding carboxylic acids is 1. The van der Waals surface area contributed by atoms with Gasteiger partial charge in [0.2, 0.25) is 15.9 Å². The van der Waals surface area contributed by atoms with Crippen molar-refractivity contribution in [2.24, 2.45) is 0 Å². The van der Waals surface area contributed by atoms with Gasteiger partial charge in [-0.05, 0) is 18.6 Å². The van der Waals surface area contributed by atoms with Gasteiger partial charge in [-0.15, -0.1) is 0 Å². The van der Waals surface area contributed by atoms with Gasteiger partial charge < -0.3 is 11.1 Å². The molecule has 7 heteroatoms. The molecule has 0 aliphatic rings. The molecule has 1 aromatic carbocycles. The molecule has 0 spiro atoms. The molecule has 0 saturated carbocycles. The molecule has 0 aliphatic heterocycles. The average Bonchev–Trinajstić information content (AvgIpc) is 2.32. The van der Waals surface area contributed by atoms with Gasteiger partial charge >= 0.3 is 0 Å². The van der Waals surface area contributed by atoms with Gasteiger partial charge in [0.15, 0.2) is 0 Å². The van der Waals surface area contributed by atoms with Crippen molar-refractivity contribution in [2.75, 3.05) is 18.8 Å². The first kappa shape index (κ1) is 15.5. The molecule has 6 nitrogen and oxygen atoms in total. The summed E-state index contributed by atoms with van der Waals surface area (Å²) in [6.07, 6.45) is 0.122. The third-order valence-electron chi connectivity index (χ3n) is 2.45. The van der Waals surface area contributed by atoms with E-state index >= 15 is 0 Å². The predicted molar refractivity (Wildman–Crippen MR) is 74.8 cm³/mol. The Morgan fingerprint density at radius 1 is 1.32 bits per heavy atom. The summed E-state index contributed by atoms with van der Waals surface area (Å²) >= 11 is 0. The minimum atomic E-state index is -3.48.